The molecule has 29 heavy (non-hydrogen) atoms. The monoisotopic (exact) mass is 414 g/mol. The summed E-state index contributed by atoms with van der Waals surface area (Å²) in [6, 6.07) is 10.6. The van der Waals surface area contributed by atoms with E-state index in [9.17, 15) is 9.59 Å². The summed E-state index contributed by atoms with van der Waals surface area (Å²) in [5.74, 6) is 1.06. The van der Waals surface area contributed by atoms with Crippen molar-refractivity contribution in [2.24, 2.45) is 0 Å². The van der Waals surface area contributed by atoms with Crippen LogP contribution in [-0.4, -0.2) is 46.5 Å². The minimum absolute atomic E-state index is 0.0670. The minimum Gasteiger partial charge on any atom is -0.360 e. The lowest BCUT2D eigenvalue weighted by molar-refractivity contribution is -0.116. The number of aromatic nitrogens is 2. The number of carbonyl (C=O) groups excluding carboxylic acids is 2. The number of halogens is 1. The molecule has 0 aliphatic rings. The van der Waals surface area contributed by atoms with E-state index < -0.39 is 0 Å². The van der Waals surface area contributed by atoms with Gasteiger partial charge < -0.3 is 9.84 Å². The molecule has 1 N–H and O–H groups in total. The molecule has 0 aliphatic heterocycles. The number of amides is 1. The van der Waals surface area contributed by atoms with Crippen LogP contribution in [0.5, 0.6) is 0 Å². The fourth-order valence-electron chi connectivity index (χ4n) is 3.25. The number of anilines is 1. The van der Waals surface area contributed by atoms with Crippen molar-refractivity contribution >= 4 is 29.0 Å². The predicted octanol–water partition coefficient (Wildman–Crippen LogP) is 3.80. The SMILES string of the molecule is Cc1cc(-n2c(C)cc(C(=O)CN(C)CC(=O)Nc3cccc(Cl)c3)c2C)no1. The highest BCUT2D eigenvalue weighted by Crippen LogP contribution is 2.21. The molecule has 3 aromatic rings. The van der Waals surface area contributed by atoms with Crippen LogP contribution in [0.2, 0.25) is 5.02 Å². The smallest absolute Gasteiger partial charge is 0.238 e. The molecule has 0 fully saturated rings. The molecule has 0 saturated carbocycles. The van der Waals surface area contributed by atoms with Crippen LogP contribution in [0.3, 0.4) is 0 Å². The van der Waals surface area contributed by atoms with Crippen LogP contribution in [-0.2, 0) is 4.79 Å². The number of hydrogen-bond acceptors (Lipinski definition) is 5. The van der Waals surface area contributed by atoms with Gasteiger partial charge in [0.05, 0.1) is 13.1 Å². The van der Waals surface area contributed by atoms with E-state index in [0.717, 1.165) is 11.4 Å². The van der Waals surface area contributed by atoms with Gasteiger partial charge in [0.25, 0.3) is 0 Å². The summed E-state index contributed by atoms with van der Waals surface area (Å²) in [6.07, 6.45) is 0. The summed E-state index contributed by atoms with van der Waals surface area (Å²) in [4.78, 5) is 26.7. The van der Waals surface area contributed by atoms with Crippen molar-refractivity contribution in [2.45, 2.75) is 20.8 Å². The van der Waals surface area contributed by atoms with E-state index in [0.29, 0.717) is 27.9 Å². The van der Waals surface area contributed by atoms with Gasteiger partial charge in [0, 0.05) is 33.7 Å². The van der Waals surface area contributed by atoms with Crippen LogP contribution in [0.15, 0.2) is 40.9 Å². The number of rotatable bonds is 7. The number of nitrogens with one attached hydrogen (secondary N) is 1. The Morgan fingerprint density at radius 1 is 1.17 bits per heavy atom. The van der Waals surface area contributed by atoms with Crippen LogP contribution in [0.1, 0.15) is 27.5 Å². The Labute approximate surface area is 174 Å². The quantitative estimate of drug-likeness (QED) is 0.595. The summed E-state index contributed by atoms with van der Waals surface area (Å²) in [7, 11) is 1.73. The minimum atomic E-state index is -0.217. The zero-order chi connectivity index (χ0) is 21.1. The molecule has 8 heteroatoms. The Kier molecular flexibility index (Phi) is 6.20. The van der Waals surface area contributed by atoms with Gasteiger partial charge in [-0.25, -0.2) is 0 Å². The van der Waals surface area contributed by atoms with Crippen LogP contribution >= 0.6 is 11.6 Å². The van der Waals surface area contributed by atoms with Crippen molar-refractivity contribution in [2.75, 3.05) is 25.5 Å². The molecule has 0 saturated heterocycles. The second kappa shape index (κ2) is 8.63. The molecule has 0 spiro atoms. The molecule has 0 aliphatic carbocycles. The highest BCUT2D eigenvalue weighted by Gasteiger charge is 2.20. The molecule has 3 rings (SSSR count). The summed E-state index contributed by atoms with van der Waals surface area (Å²) in [5.41, 5.74) is 2.90. The van der Waals surface area contributed by atoms with Crippen molar-refractivity contribution in [3.8, 4) is 5.82 Å². The number of aryl methyl sites for hydroxylation is 2. The molecule has 0 bridgehead atoms. The molecule has 1 amide bonds. The summed E-state index contributed by atoms with van der Waals surface area (Å²) in [5, 5.41) is 7.35. The number of ketones is 1. The van der Waals surface area contributed by atoms with Gasteiger partial charge in [0.2, 0.25) is 5.91 Å². The second-order valence-electron chi connectivity index (χ2n) is 7.07. The molecule has 152 valence electrons. The number of hydrogen-bond donors (Lipinski definition) is 1. The van der Waals surface area contributed by atoms with E-state index in [4.69, 9.17) is 16.1 Å². The average Bonchev–Trinajstić information content (AvgIpc) is 3.17. The first-order valence-corrected chi connectivity index (χ1v) is 9.52. The number of nitrogens with zero attached hydrogens (tertiary/aromatic N) is 3. The van der Waals surface area contributed by atoms with Gasteiger partial charge in [-0.15, -0.1) is 0 Å². The van der Waals surface area contributed by atoms with Gasteiger partial charge in [0.15, 0.2) is 11.6 Å². The Morgan fingerprint density at radius 2 is 1.93 bits per heavy atom. The van der Waals surface area contributed by atoms with Gasteiger partial charge in [-0.3, -0.25) is 19.1 Å². The summed E-state index contributed by atoms with van der Waals surface area (Å²) >= 11 is 5.93. The molecule has 1 aromatic carbocycles. The highest BCUT2D eigenvalue weighted by atomic mass is 35.5. The Hall–Kier alpha value is -2.90. The van der Waals surface area contributed by atoms with Crippen molar-refractivity contribution in [3.05, 3.63) is 64.1 Å². The van der Waals surface area contributed by atoms with Gasteiger partial charge in [-0.1, -0.05) is 22.8 Å². The third-order valence-electron chi connectivity index (χ3n) is 4.51. The molecule has 7 nitrogen and oxygen atoms in total. The van der Waals surface area contributed by atoms with E-state index in [1.807, 2.05) is 37.5 Å². The van der Waals surface area contributed by atoms with Crippen molar-refractivity contribution in [3.63, 3.8) is 0 Å². The third-order valence-corrected chi connectivity index (χ3v) is 4.75. The topological polar surface area (TPSA) is 80.4 Å². The predicted molar refractivity (Wildman–Crippen MR) is 112 cm³/mol. The van der Waals surface area contributed by atoms with Gasteiger partial charge in [0.1, 0.15) is 5.76 Å². The number of Topliss-reactive ketones (excluding diaryl/α,β-unsaturated/α-hetero) is 1. The largest absolute Gasteiger partial charge is 0.360 e. The lowest BCUT2D eigenvalue weighted by atomic mass is 10.1. The molecule has 0 unspecified atom stereocenters. The lowest BCUT2D eigenvalue weighted by Gasteiger charge is -2.15. The number of carbonyl (C=O) groups is 2. The van der Waals surface area contributed by atoms with E-state index in [2.05, 4.69) is 10.5 Å². The zero-order valence-electron chi connectivity index (χ0n) is 16.8. The Morgan fingerprint density at radius 3 is 2.59 bits per heavy atom. The van der Waals surface area contributed by atoms with Crippen molar-refractivity contribution in [1.82, 2.24) is 14.6 Å². The molecular weight excluding hydrogens is 392 g/mol. The number of benzene rings is 1. The van der Waals surface area contributed by atoms with E-state index in [-0.39, 0.29) is 24.8 Å². The Bertz CT molecular complexity index is 1050. The van der Waals surface area contributed by atoms with E-state index in [1.165, 1.54) is 0 Å². The maximum Gasteiger partial charge on any atom is 0.238 e. The van der Waals surface area contributed by atoms with Crippen LogP contribution in [0, 0.1) is 20.8 Å². The molecular formula is C21H23ClN4O3. The first-order chi connectivity index (χ1) is 13.7. The number of likely N-dealkylation sites (N-methyl/N-ethyl adjacent to an activating group) is 1. The summed E-state index contributed by atoms with van der Waals surface area (Å²) in [6.45, 7) is 5.80. The lowest BCUT2D eigenvalue weighted by Crippen LogP contribution is -2.34. The van der Waals surface area contributed by atoms with Crippen LogP contribution in [0.4, 0.5) is 5.69 Å². The second-order valence-corrected chi connectivity index (χ2v) is 7.51. The zero-order valence-corrected chi connectivity index (χ0v) is 17.6. The molecule has 0 atom stereocenters. The highest BCUT2D eigenvalue weighted by molar-refractivity contribution is 6.30. The maximum absolute atomic E-state index is 12.8. The summed E-state index contributed by atoms with van der Waals surface area (Å²) < 4.78 is 7.03. The van der Waals surface area contributed by atoms with Gasteiger partial charge in [-0.2, -0.15) is 0 Å². The van der Waals surface area contributed by atoms with Crippen LogP contribution < -0.4 is 5.32 Å². The normalized spacial score (nSPS) is 11.1. The Balaban J connectivity index is 1.65. The van der Waals surface area contributed by atoms with Crippen molar-refractivity contribution in [1.29, 1.82) is 0 Å². The van der Waals surface area contributed by atoms with Crippen molar-refractivity contribution < 1.29 is 14.1 Å². The van der Waals surface area contributed by atoms with E-state index >= 15 is 0 Å². The molecule has 0 radical (unpaired) electrons. The standard InChI is InChI=1S/C21H23ClN4O3/c1-13-8-18(15(3)26(13)20-9-14(2)29-24-20)19(27)11-25(4)12-21(28)23-17-7-5-6-16(22)10-17/h5-10H,11-12H2,1-4H3,(H,23,28). The fourth-order valence-corrected chi connectivity index (χ4v) is 3.44. The van der Waals surface area contributed by atoms with Gasteiger partial charge >= 0.3 is 0 Å². The fraction of sp³-hybridized carbons (Fsp3) is 0.286. The first-order valence-electron chi connectivity index (χ1n) is 9.14. The molecule has 2 heterocycles. The van der Waals surface area contributed by atoms with Gasteiger partial charge in [-0.05, 0) is 52.1 Å². The van der Waals surface area contributed by atoms with Crippen LogP contribution in [0.25, 0.3) is 5.82 Å². The third kappa shape index (κ3) is 4.93. The maximum atomic E-state index is 12.8. The first kappa shape index (κ1) is 20.8. The van der Waals surface area contributed by atoms with E-state index in [1.54, 1.807) is 36.2 Å². The molecule has 2 aromatic heterocycles. The average molecular weight is 415 g/mol.